The quantitative estimate of drug-likeness (QED) is 0.0925. The standard InChI is InChI=1S/C39H45ClN12O7/c1-6-50-27(14-20(3)47-50)36(55)45-38-43-25-15-22(34(41)53)17-28(58-13-9-12-57-5)31(25)49(38)11-8-10-24-19-59-29-18-23(35(42)54)16-26-32(29)52(24)39(44-26)46-37(56)33-30(40)21(4)48-51(33)7-2/h14-18,24H,6-13,19H2,1-5H3,(H2,41,53)(H2,42,54)(H,43,45,55)(H,44,46,56)/t24-/m0/s1. The number of fused-ring (bicyclic) bond motifs is 1. The molecule has 0 saturated carbocycles. The highest BCUT2D eigenvalue weighted by molar-refractivity contribution is 6.34. The molecular weight excluding hydrogens is 784 g/mol. The minimum absolute atomic E-state index is 0.167. The predicted molar refractivity (Wildman–Crippen MR) is 218 cm³/mol. The SMILES string of the molecule is CCn1nc(C)cc1C(=O)Nc1nc2cc(C(N)=O)cc(OCCCOC)c2n1CCC[C@H]1COc2cc(C(N)=O)cc3nc(NC(=O)c4c(Cl)c(C)nn4CC)n1c23. The van der Waals surface area contributed by atoms with Crippen molar-refractivity contribution in [3.8, 4) is 11.5 Å². The molecule has 20 heteroatoms. The summed E-state index contributed by atoms with van der Waals surface area (Å²) in [7, 11) is 1.60. The van der Waals surface area contributed by atoms with Gasteiger partial charge in [0, 0.05) is 50.9 Å². The van der Waals surface area contributed by atoms with Crippen LogP contribution in [0.1, 0.15) is 92.2 Å². The summed E-state index contributed by atoms with van der Waals surface area (Å²) in [5.74, 6) is -1.07. The van der Waals surface area contributed by atoms with Gasteiger partial charge in [0.25, 0.3) is 11.8 Å². The Morgan fingerprint density at radius 3 is 2.24 bits per heavy atom. The van der Waals surface area contributed by atoms with E-state index in [2.05, 4.69) is 20.8 Å². The second kappa shape index (κ2) is 16.8. The monoisotopic (exact) mass is 828 g/mol. The van der Waals surface area contributed by atoms with Gasteiger partial charge in [-0.15, -0.1) is 0 Å². The number of hydrogen-bond acceptors (Lipinski definition) is 11. The summed E-state index contributed by atoms with van der Waals surface area (Å²) in [6, 6.07) is 7.58. The largest absolute Gasteiger partial charge is 0.491 e. The van der Waals surface area contributed by atoms with Gasteiger partial charge in [0.1, 0.15) is 40.5 Å². The molecule has 310 valence electrons. The number of hydrogen-bond donors (Lipinski definition) is 4. The van der Waals surface area contributed by atoms with E-state index in [-0.39, 0.29) is 53.0 Å². The highest BCUT2D eigenvalue weighted by Gasteiger charge is 2.31. The van der Waals surface area contributed by atoms with E-state index in [1.165, 1.54) is 4.68 Å². The van der Waals surface area contributed by atoms with Gasteiger partial charge in [0.05, 0.1) is 40.1 Å². The molecule has 6 N–H and O–H groups in total. The third-order valence-corrected chi connectivity index (χ3v) is 10.5. The Morgan fingerprint density at radius 1 is 0.864 bits per heavy atom. The van der Waals surface area contributed by atoms with Gasteiger partial charge in [0.2, 0.25) is 23.7 Å². The molecule has 19 nitrogen and oxygen atoms in total. The van der Waals surface area contributed by atoms with E-state index in [1.807, 2.05) is 29.9 Å². The molecule has 4 amide bonds. The molecule has 4 aromatic heterocycles. The zero-order valence-corrected chi connectivity index (χ0v) is 34.1. The number of amides is 4. The highest BCUT2D eigenvalue weighted by atomic mass is 35.5. The van der Waals surface area contributed by atoms with Crippen molar-refractivity contribution in [1.82, 2.24) is 38.7 Å². The van der Waals surface area contributed by atoms with Crippen LogP contribution in [0.3, 0.4) is 0 Å². The number of benzene rings is 2. The number of aryl methyl sites for hydroxylation is 5. The normalized spacial score (nSPS) is 13.5. The van der Waals surface area contributed by atoms with Crippen LogP contribution in [0.4, 0.5) is 11.9 Å². The first-order valence-electron chi connectivity index (χ1n) is 19.2. The number of imidazole rings is 2. The molecule has 5 heterocycles. The number of halogens is 1. The topological polar surface area (TPSA) is 243 Å². The molecule has 0 aliphatic carbocycles. The van der Waals surface area contributed by atoms with Gasteiger partial charge in [-0.05, 0) is 70.9 Å². The highest BCUT2D eigenvalue weighted by Crippen LogP contribution is 2.39. The zero-order valence-electron chi connectivity index (χ0n) is 33.3. The molecule has 59 heavy (non-hydrogen) atoms. The summed E-state index contributed by atoms with van der Waals surface area (Å²) in [4.78, 5) is 61.8. The second-order valence-electron chi connectivity index (χ2n) is 14.1. The molecule has 7 rings (SSSR count). The lowest BCUT2D eigenvalue weighted by Crippen LogP contribution is -2.26. The number of nitrogens with zero attached hydrogens (tertiary/aromatic N) is 8. The first-order chi connectivity index (χ1) is 28.3. The number of nitrogens with one attached hydrogen (secondary N) is 2. The van der Waals surface area contributed by atoms with Crippen molar-refractivity contribution in [1.29, 1.82) is 0 Å². The number of carbonyl (C=O) groups is 4. The minimum atomic E-state index is -0.664. The Labute approximate surface area is 342 Å². The van der Waals surface area contributed by atoms with Gasteiger partial charge < -0.3 is 34.8 Å². The summed E-state index contributed by atoms with van der Waals surface area (Å²) in [6.45, 7) is 9.38. The Balaban J connectivity index is 1.25. The lowest BCUT2D eigenvalue weighted by molar-refractivity contribution is 0.0991. The first kappa shape index (κ1) is 40.7. The summed E-state index contributed by atoms with van der Waals surface area (Å²) in [5, 5.41) is 14.9. The third kappa shape index (κ3) is 7.90. The van der Waals surface area contributed by atoms with Crippen LogP contribution in [0.15, 0.2) is 30.3 Å². The number of aromatic nitrogens is 8. The van der Waals surface area contributed by atoms with E-state index < -0.39 is 23.6 Å². The summed E-state index contributed by atoms with van der Waals surface area (Å²) >= 11 is 6.54. The Morgan fingerprint density at radius 2 is 1.54 bits per heavy atom. The predicted octanol–water partition coefficient (Wildman–Crippen LogP) is 4.62. The summed E-state index contributed by atoms with van der Waals surface area (Å²) < 4.78 is 24.5. The Kier molecular flexibility index (Phi) is 11.6. The van der Waals surface area contributed by atoms with Crippen LogP contribution < -0.4 is 31.6 Å². The van der Waals surface area contributed by atoms with E-state index in [1.54, 1.807) is 49.0 Å². The van der Waals surface area contributed by atoms with Crippen molar-refractivity contribution in [2.45, 2.75) is 72.6 Å². The fourth-order valence-electron chi connectivity index (χ4n) is 7.33. The molecule has 0 spiro atoms. The van der Waals surface area contributed by atoms with E-state index >= 15 is 0 Å². The van der Waals surface area contributed by atoms with Crippen molar-refractivity contribution in [2.75, 3.05) is 37.6 Å². The van der Waals surface area contributed by atoms with Gasteiger partial charge in [-0.3, -0.25) is 39.2 Å². The van der Waals surface area contributed by atoms with Gasteiger partial charge >= 0.3 is 0 Å². The van der Waals surface area contributed by atoms with Crippen molar-refractivity contribution >= 4 is 69.2 Å². The number of anilines is 2. The van der Waals surface area contributed by atoms with Gasteiger partial charge in [-0.25, -0.2) is 9.97 Å². The van der Waals surface area contributed by atoms with Crippen LogP contribution in [0.25, 0.3) is 22.1 Å². The van der Waals surface area contributed by atoms with E-state index in [4.69, 9.17) is 47.2 Å². The van der Waals surface area contributed by atoms with Crippen LogP contribution in [-0.2, 0) is 24.4 Å². The minimum Gasteiger partial charge on any atom is -0.491 e. The average Bonchev–Trinajstić information content (AvgIpc) is 3.95. The molecular formula is C39H45ClN12O7. The molecule has 0 radical (unpaired) electrons. The molecule has 1 aliphatic rings. The Hall–Kier alpha value is -6.47. The lowest BCUT2D eigenvalue weighted by atomic mass is 10.1. The molecule has 2 aromatic carbocycles. The smallest absolute Gasteiger partial charge is 0.277 e. The zero-order chi connectivity index (χ0) is 42.1. The summed E-state index contributed by atoms with van der Waals surface area (Å²) in [6.07, 6.45) is 1.55. The number of carbonyl (C=O) groups excluding carboxylic acids is 4. The molecule has 1 atom stereocenters. The fourth-order valence-corrected chi connectivity index (χ4v) is 7.55. The lowest BCUT2D eigenvalue weighted by Gasteiger charge is -2.27. The molecule has 6 aromatic rings. The first-order valence-corrected chi connectivity index (χ1v) is 19.6. The van der Waals surface area contributed by atoms with Crippen LogP contribution in [0.5, 0.6) is 11.5 Å². The van der Waals surface area contributed by atoms with Crippen LogP contribution in [0.2, 0.25) is 5.02 Å². The molecule has 0 fully saturated rings. The number of methoxy groups -OCH3 is 1. The van der Waals surface area contributed by atoms with Crippen LogP contribution in [0, 0.1) is 13.8 Å². The molecule has 0 bridgehead atoms. The number of nitrogens with two attached hydrogens (primary N) is 2. The van der Waals surface area contributed by atoms with E-state index in [9.17, 15) is 19.2 Å². The van der Waals surface area contributed by atoms with Crippen molar-refractivity contribution in [2.24, 2.45) is 11.5 Å². The van der Waals surface area contributed by atoms with E-state index in [0.717, 1.165) is 0 Å². The molecule has 0 unspecified atom stereocenters. The number of rotatable bonds is 17. The fraction of sp³-hybridized carbons (Fsp3) is 0.385. The number of ether oxygens (including phenoxy) is 3. The molecule has 0 saturated heterocycles. The van der Waals surface area contributed by atoms with Crippen LogP contribution >= 0.6 is 11.6 Å². The van der Waals surface area contributed by atoms with Crippen molar-refractivity contribution in [3.05, 3.63) is 69.3 Å². The van der Waals surface area contributed by atoms with Gasteiger partial charge in [0.15, 0.2) is 0 Å². The number of primary amides is 2. The maximum atomic E-state index is 13.8. The maximum Gasteiger partial charge on any atom is 0.277 e. The van der Waals surface area contributed by atoms with Crippen molar-refractivity contribution < 1.29 is 33.4 Å². The van der Waals surface area contributed by atoms with Crippen LogP contribution in [-0.4, -0.2) is 89.2 Å². The second-order valence-corrected chi connectivity index (χ2v) is 14.4. The van der Waals surface area contributed by atoms with E-state index in [0.29, 0.717) is 96.2 Å². The van der Waals surface area contributed by atoms with Gasteiger partial charge in [-0.1, -0.05) is 11.6 Å². The van der Waals surface area contributed by atoms with Crippen molar-refractivity contribution in [3.63, 3.8) is 0 Å². The Bertz CT molecular complexity index is 2620. The third-order valence-electron chi connectivity index (χ3n) is 10.0. The van der Waals surface area contributed by atoms with Gasteiger partial charge in [-0.2, -0.15) is 10.2 Å². The summed E-state index contributed by atoms with van der Waals surface area (Å²) in [5.41, 5.74) is 15.4. The average molecular weight is 829 g/mol. The maximum absolute atomic E-state index is 13.8. The molecule has 1 aliphatic heterocycles.